The number of hydrogen-bond donors (Lipinski definition) is 0. The Morgan fingerprint density at radius 1 is 1.17 bits per heavy atom. The summed E-state index contributed by atoms with van der Waals surface area (Å²) in [5.74, 6) is 1.76. The highest BCUT2D eigenvalue weighted by Gasteiger charge is 2.13. The molecule has 1 amide bonds. The Kier molecular flexibility index (Phi) is 7.44. The zero-order valence-corrected chi connectivity index (χ0v) is 17.8. The van der Waals surface area contributed by atoms with Crippen molar-refractivity contribution in [3.05, 3.63) is 89.1 Å². The lowest BCUT2D eigenvalue weighted by Gasteiger charge is -2.21. The second-order valence-electron chi connectivity index (χ2n) is 7.14. The minimum absolute atomic E-state index is 0.116. The van der Waals surface area contributed by atoms with Crippen LogP contribution in [0, 0.1) is 6.92 Å². The molecular weight excluding hydrogens is 376 g/mol. The molecule has 5 heteroatoms. The van der Waals surface area contributed by atoms with E-state index in [9.17, 15) is 4.79 Å². The van der Waals surface area contributed by atoms with Gasteiger partial charge in [-0.2, -0.15) is 0 Å². The van der Waals surface area contributed by atoms with Crippen LogP contribution < -0.4 is 4.74 Å². The third kappa shape index (κ3) is 5.83. The fourth-order valence-corrected chi connectivity index (χ4v) is 3.25. The average molecular weight is 405 g/mol. The van der Waals surface area contributed by atoms with E-state index in [0.29, 0.717) is 19.5 Å². The largest absolute Gasteiger partial charge is 0.497 e. The molecule has 0 spiro atoms. The van der Waals surface area contributed by atoms with Gasteiger partial charge >= 0.3 is 0 Å². The van der Waals surface area contributed by atoms with E-state index in [2.05, 4.69) is 35.3 Å². The Labute approximate surface area is 178 Å². The van der Waals surface area contributed by atoms with E-state index in [1.807, 2.05) is 49.1 Å². The third-order valence-electron chi connectivity index (χ3n) is 5.04. The third-order valence-corrected chi connectivity index (χ3v) is 5.04. The van der Waals surface area contributed by atoms with Gasteiger partial charge in [-0.15, -0.1) is 0 Å². The first-order valence-corrected chi connectivity index (χ1v) is 10.1. The highest BCUT2D eigenvalue weighted by Crippen LogP contribution is 2.15. The molecule has 0 saturated heterocycles. The molecule has 2 aromatic carbocycles. The molecule has 1 heterocycles. The van der Waals surface area contributed by atoms with E-state index >= 15 is 0 Å². The molecule has 0 atom stereocenters. The minimum atomic E-state index is 0.116. The molecule has 1 aromatic heterocycles. The zero-order valence-electron chi connectivity index (χ0n) is 17.8. The number of nitrogens with zero attached hydrogens (tertiary/aromatic N) is 2. The summed E-state index contributed by atoms with van der Waals surface area (Å²) in [6.07, 6.45) is 6.74. The van der Waals surface area contributed by atoms with E-state index in [1.165, 1.54) is 6.39 Å². The van der Waals surface area contributed by atoms with Crippen molar-refractivity contribution in [3.63, 3.8) is 0 Å². The van der Waals surface area contributed by atoms with Crippen LogP contribution in [0.2, 0.25) is 0 Å². The summed E-state index contributed by atoms with van der Waals surface area (Å²) >= 11 is 0. The Bertz CT molecular complexity index is 990. The monoisotopic (exact) mass is 404 g/mol. The fourth-order valence-electron chi connectivity index (χ4n) is 3.25. The molecule has 3 aromatic rings. The van der Waals surface area contributed by atoms with E-state index in [1.54, 1.807) is 7.11 Å². The van der Waals surface area contributed by atoms with Crippen LogP contribution in [0.15, 0.2) is 65.4 Å². The standard InChI is InChI=1S/C25H28N2O3/c1-4-27(25(28)16-21-11-13-23(29-3)14-12-21)17-22-9-5-7-20(15-22)8-6-10-24-19(2)30-18-26-24/h5-9,11-15,18H,4,10,16-17H2,1-3H3/b8-6+. The van der Waals surface area contributed by atoms with E-state index < -0.39 is 0 Å². The summed E-state index contributed by atoms with van der Waals surface area (Å²) in [6.45, 7) is 5.19. The summed E-state index contributed by atoms with van der Waals surface area (Å²) in [5, 5.41) is 0. The first kappa shape index (κ1) is 21.4. The Balaban J connectivity index is 1.61. The fraction of sp³-hybridized carbons (Fsp3) is 0.280. The van der Waals surface area contributed by atoms with Gasteiger partial charge in [0.05, 0.1) is 19.2 Å². The Morgan fingerprint density at radius 2 is 1.97 bits per heavy atom. The smallest absolute Gasteiger partial charge is 0.227 e. The number of aromatic nitrogens is 1. The summed E-state index contributed by atoms with van der Waals surface area (Å²) in [6, 6.07) is 15.9. The number of carbonyl (C=O) groups is 1. The lowest BCUT2D eigenvalue weighted by Crippen LogP contribution is -2.31. The molecule has 0 bridgehead atoms. The molecule has 156 valence electrons. The van der Waals surface area contributed by atoms with Crippen LogP contribution in [-0.2, 0) is 24.2 Å². The highest BCUT2D eigenvalue weighted by atomic mass is 16.5. The summed E-state index contributed by atoms with van der Waals surface area (Å²) in [7, 11) is 1.64. The first-order valence-electron chi connectivity index (χ1n) is 10.1. The topological polar surface area (TPSA) is 55.6 Å². The van der Waals surface area contributed by atoms with Crippen molar-refractivity contribution in [1.82, 2.24) is 9.88 Å². The molecule has 0 unspecified atom stereocenters. The quantitative estimate of drug-likeness (QED) is 0.512. The molecule has 0 fully saturated rings. The van der Waals surface area contributed by atoms with Crippen molar-refractivity contribution in [2.24, 2.45) is 0 Å². The van der Waals surface area contributed by atoms with Crippen LogP contribution in [0.5, 0.6) is 5.75 Å². The normalized spacial score (nSPS) is 11.0. The molecule has 0 aliphatic rings. The van der Waals surface area contributed by atoms with Gasteiger partial charge < -0.3 is 14.1 Å². The lowest BCUT2D eigenvalue weighted by atomic mass is 10.1. The predicted molar refractivity (Wildman–Crippen MR) is 118 cm³/mol. The van der Waals surface area contributed by atoms with E-state index in [-0.39, 0.29) is 5.91 Å². The van der Waals surface area contributed by atoms with Gasteiger partial charge in [0.1, 0.15) is 11.5 Å². The second kappa shape index (κ2) is 10.4. The Hall–Kier alpha value is -3.34. The van der Waals surface area contributed by atoms with Gasteiger partial charge in [-0.3, -0.25) is 4.79 Å². The van der Waals surface area contributed by atoms with E-state index in [0.717, 1.165) is 40.3 Å². The molecule has 0 radical (unpaired) electrons. The molecule has 0 saturated carbocycles. The number of likely N-dealkylation sites (N-methyl/N-ethyl adjacent to an activating group) is 1. The highest BCUT2D eigenvalue weighted by molar-refractivity contribution is 5.78. The average Bonchev–Trinajstić information content (AvgIpc) is 3.17. The summed E-state index contributed by atoms with van der Waals surface area (Å²) in [4.78, 5) is 18.9. The Morgan fingerprint density at radius 3 is 2.63 bits per heavy atom. The maximum absolute atomic E-state index is 12.8. The molecule has 0 aliphatic heterocycles. The van der Waals surface area contributed by atoms with Crippen molar-refractivity contribution in [3.8, 4) is 5.75 Å². The maximum atomic E-state index is 12.8. The predicted octanol–water partition coefficient (Wildman–Crippen LogP) is 4.84. The van der Waals surface area contributed by atoms with Gasteiger partial charge in [-0.05, 0) is 48.7 Å². The van der Waals surface area contributed by atoms with Crippen LogP contribution >= 0.6 is 0 Å². The number of methoxy groups -OCH3 is 1. The van der Waals surface area contributed by atoms with Gasteiger partial charge in [0.2, 0.25) is 5.91 Å². The van der Waals surface area contributed by atoms with Crippen LogP contribution in [0.25, 0.3) is 6.08 Å². The number of benzene rings is 2. The SMILES string of the molecule is CCN(Cc1cccc(/C=C/Cc2ncoc2C)c1)C(=O)Cc1ccc(OC)cc1. The summed E-state index contributed by atoms with van der Waals surface area (Å²) in [5.41, 5.74) is 4.15. The number of aryl methyl sites for hydroxylation is 1. The first-order chi connectivity index (χ1) is 14.6. The molecule has 3 rings (SSSR count). The van der Waals surface area contributed by atoms with Crippen molar-refractivity contribution in [1.29, 1.82) is 0 Å². The van der Waals surface area contributed by atoms with Gasteiger partial charge in [0.15, 0.2) is 6.39 Å². The van der Waals surface area contributed by atoms with Crippen LogP contribution in [0.3, 0.4) is 0 Å². The maximum Gasteiger partial charge on any atom is 0.227 e. The minimum Gasteiger partial charge on any atom is -0.497 e. The van der Waals surface area contributed by atoms with Crippen LogP contribution in [0.1, 0.15) is 35.1 Å². The molecule has 0 aliphatic carbocycles. The molecular formula is C25H28N2O3. The number of oxazole rings is 1. The van der Waals surface area contributed by atoms with E-state index in [4.69, 9.17) is 9.15 Å². The number of hydrogen-bond acceptors (Lipinski definition) is 4. The van der Waals surface area contributed by atoms with Crippen LogP contribution in [-0.4, -0.2) is 29.4 Å². The number of ether oxygens (including phenoxy) is 1. The van der Waals surface area contributed by atoms with Crippen molar-refractivity contribution in [2.75, 3.05) is 13.7 Å². The molecule has 30 heavy (non-hydrogen) atoms. The zero-order chi connectivity index (χ0) is 21.3. The van der Waals surface area contributed by atoms with Gasteiger partial charge in [-0.1, -0.05) is 42.5 Å². The second-order valence-corrected chi connectivity index (χ2v) is 7.14. The number of amides is 1. The van der Waals surface area contributed by atoms with Gasteiger partial charge in [0.25, 0.3) is 0 Å². The number of carbonyl (C=O) groups excluding carboxylic acids is 1. The van der Waals surface area contributed by atoms with Crippen molar-refractivity contribution >= 4 is 12.0 Å². The van der Waals surface area contributed by atoms with Gasteiger partial charge in [0, 0.05) is 19.5 Å². The number of rotatable bonds is 9. The van der Waals surface area contributed by atoms with Crippen LogP contribution in [0.4, 0.5) is 0 Å². The van der Waals surface area contributed by atoms with Crippen molar-refractivity contribution in [2.45, 2.75) is 33.2 Å². The molecule has 0 N–H and O–H groups in total. The van der Waals surface area contributed by atoms with Crippen molar-refractivity contribution < 1.29 is 13.9 Å². The van der Waals surface area contributed by atoms with Gasteiger partial charge in [-0.25, -0.2) is 4.98 Å². The summed E-state index contributed by atoms with van der Waals surface area (Å²) < 4.78 is 10.4. The molecule has 5 nitrogen and oxygen atoms in total. The lowest BCUT2D eigenvalue weighted by molar-refractivity contribution is -0.130. The number of allylic oxidation sites excluding steroid dienone is 1.